The Morgan fingerprint density at radius 2 is 1.90 bits per heavy atom. The van der Waals surface area contributed by atoms with Crippen LogP contribution in [0.5, 0.6) is 5.88 Å². The number of carbonyl (C=O) groups is 1. The number of amides is 1. The Kier molecular flexibility index (Phi) is 4.98. The second kappa shape index (κ2) is 7.60. The lowest BCUT2D eigenvalue weighted by molar-refractivity contribution is 0.0994. The van der Waals surface area contributed by atoms with Crippen LogP contribution >= 0.6 is 15.9 Å². The molecule has 1 N–H and O–H groups in total. The molecule has 2 heterocycles. The summed E-state index contributed by atoms with van der Waals surface area (Å²) in [4.78, 5) is 17.1. The van der Waals surface area contributed by atoms with Gasteiger partial charge in [0.15, 0.2) is 5.69 Å². The van der Waals surface area contributed by atoms with E-state index in [2.05, 4.69) is 31.1 Å². The van der Waals surface area contributed by atoms with Crippen molar-refractivity contribution in [3.05, 3.63) is 76.4 Å². The Morgan fingerprint density at radius 1 is 1.10 bits per heavy atom. The molecule has 0 unspecified atom stereocenters. The molecule has 0 fully saturated rings. The highest BCUT2D eigenvalue weighted by molar-refractivity contribution is 9.10. The minimum absolute atomic E-state index is 0.0393. The third-order valence-electron chi connectivity index (χ3n) is 4.73. The Labute approximate surface area is 175 Å². The largest absolute Gasteiger partial charge is 0.493 e. The standard InChI is InChI=1S/C22H17BrN4O2/c1-13-16(10-11-18(24-13)14-6-5-7-15(23)12-14)21(28)26-25-20-17-8-3-4-9-19(17)27(2)22(20)29/h3-12,29H,1-2H3. The molecule has 144 valence electrons. The molecule has 4 aromatic rings. The van der Waals surface area contributed by atoms with Crippen molar-refractivity contribution in [2.45, 2.75) is 6.92 Å². The van der Waals surface area contributed by atoms with Gasteiger partial charge in [-0.3, -0.25) is 9.78 Å². The van der Waals surface area contributed by atoms with E-state index in [-0.39, 0.29) is 11.6 Å². The highest BCUT2D eigenvalue weighted by Gasteiger charge is 2.15. The molecule has 0 aliphatic carbocycles. The van der Waals surface area contributed by atoms with Crippen molar-refractivity contribution in [2.75, 3.05) is 0 Å². The molecule has 0 radical (unpaired) electrons. The maximum Gasteiger partial charge on any atom is 0.297 e. The van der Waals surface area contributed by atoms with Crippen LogP contribution in [-0.4, -0.2) is 20.6 Å². The quantitative estimate of drug-likeness (QED) is 0.393. The van der Waals surface area contributed by atoms with E-state index in [1.165, 1.54) is 0 Å². The SMILES string of the molecule is Cc1nc(-c2cccc(Br)c2)ccc1C(=O)N=Nc1c(O)n(C)c2ccccc12. The smallest absolute Gasteiger partial charge is 0.297 e. The number of aromatic hydroxyl groups is 1. The molecule has 0 spiro atoms. The predicted octanol–water partition coefficient (Wildman–Crippen LogP) is 5.94. The number of para-hydroxylation sites is 1. The number of azo groups is 1. The second-order valence-corrected chi connectivity index (χ2v) is 7.51. The van der Waals surface area contributed by atoms with E-state index in [9.17, 15) is 9.90 Å². The van der Waals surface area contributed by atoms with Gasteiger partial charge in [-0.05, 0) is 37.3 Å². The Morgan fingerprint density at radius 3 is 2.66 bits per heavy atom. The summed E-state index contributed by atoms with van der Waals surface area (Å²) in [5, 5.41) is 18.9. The van der Waals surface area contributed by atoms with Gasteiger partial charge in [0.1, 0.15) is 0 Å². The first-order chi connectivity index (χ1) is 14.0. The van der Waals surface area contributed by atoms with Crippen LogP contribution in [0, 0.1) is 6.92 Å². The zero-order valence-corrected chi connectivity index (χ0v) is 17.4. The van der Waals surface area contributed by atoms with Crippen molar-refractivity contribution in [3.8, 4) is 17.1 Å². The average Bonchev–Trinajstić information content (AvgIpc) is 2.96. The fourth-order valence-electron chi connectivity index (χ4n) is 3.20. The number of benzene rings is 2. The molecule has 1 amide bonds. The Bertz CT molecular complexity index is 1280. The molecule has 4 rings (SSSR count). The van der Waals surface area contributed by atoms with Gasteiger partial charge in [0.05, 0.1) is 22.5 Å². The van der Waals surface area contributed by atoms with Crippen LogP contribution in [0.3, 0.4) is 0 Å². The van der Waals surface area contributed by atoms with Crippen molar-refractivity contribution in [1.29, 1.82) is 0 Å². The lowest BCUT2D eigenvalue weighted by Crippen LogP contribution is -2.00. The van der Waals surface area contributed by atoms with Crippen molar-refractivity contribution >= 4 is 38.4 Å². The van der Waals surface area contributed by atoms with E-state index in [1.807, 2.05) is 48.5 Å². The Hall–Kier alpha value is -3.32. The summed E-state index contributed by atoms with van der Waals surface area (Å²) in [6, 6.07) is 18.7. The topological polar surface area (TPSA) is 79.8 Å². The first kappa shape index (κ1) is 19.0. The molecule has 7 heteroatoms. The molecule has 2 aromatic heterocycles. The third kappa shape index (κ3) is 3.56. The lowest BCUT2D eigenvalue weighted by Gasteiger charge is -2.05. The molecule has 6 nitrogen and oxygen atoms in total. The summed E-state index contributed by atoms with van der Waals surface area (Å²) in [7, 11) is 1.73. The maximum atomic E-state index is 12.6. The fourth-order valence-corrected chi connectivity index (χ4v) is 3.60. The molecular weight excluding hydrogens is 432 g/mol. The van der Waals surface area contributed by atoms with E-state index in [0.717, 1.165) is 26.6 Å². The van der Waals surface area contributed by atoms with Crippen LogP contribution in [0.1, 0.15) is 16.1 Å². The van der Waals surface area contributed by atoms with Gasteiger partial charge in [-0.2, -0.15) is 0 Å². The number of aromatic nitrogens is 2. The van der Waals surface area contributed by atoms with E-state index >= 15 is 0 Å². The predicted molar refractivity (Wildman–Crippen MR) is 116 cm³/mol. The van der Waals surface area contributed by atoms with E-state index in [1.54, 1.807) is 30.7 Å². The molecule has 29 heavy (non-hydrogen) atoms. The molecule has 0 saturated carbocycles. The summed E-state index contributed by atoms with van der Waals surface area (Å²) in [6.07, 6.45) is 0. The third-order valence-corrected chi connectivity index (χ3v) is 5.22. The van der Waals surface area contributed by atoms with Crippen molar-refractivity contribution < 1.29 is 9.90 Å². The second-order valence-electron chi connectivity index (χ2n) is 6.59. The number of rotatable bonds is 3. The average molecular weight is 449 g/mol. The van der Waals surface area contributed by atoms with E-state index < -0.39 is 5.91 Å². The highest BCUT2D eigenvalue weighted by atomic mass is 79.9. The van der Waals surface area contributed by atoms with Gasteiger partial charge < -0.3 is 9.67 Å². The van der Waals surface area contributed by atoms with Crippen LogP contribution in [0.25, 0.3) is 22.2 Å². The Balaban J connectivity index is 1.65. The molecule has 0 aliphatic heterocycles. The van der Waals surface area contributed by atoms with E-state index in [0.29, 0.717) is 11.3 Å². The van der Waals surface area contributed by atoms with Gasteiger partial charge >= 0.3 is 0 Å². The monoisotopic (exact) mass is 448 g/mol. The summed E-state index contributed by atoms with van der Waals surface area (Å²) in [6.45, 7) is 1.76. The van der Waals surface area contributed by atoms with Gasteiger partial charge in [0.2, 0.25) is 5.88 Å². The minimum Gasteiger partial charge on any atom is -0.493 e. The first-order valence-corrected chi connectivity index (χ1v) is 9.71. The first-order valence-electron chi connectivity index (χ1n) is 8.91. The maximum absolute atomic E-state index is 12.6. The van der Waals surface area contributed by atoms with Gasteiger partial charge in [-0.25, -0.2) is 0 Å². The zero-order chi connectivity index (χ0) is 20.5. The lowest BCUT2D eigenvalue weighted by atomic mass is 10.1. The molecular formula is C22H17BrN4O2. The molecule has 0 bridgehead atoms. The molecule has 0 saturated heterocycles. The number of pyridine rings is 1. The number of hydrogen-bond donors (Lipinski definition) is 1. The number of fused-ring (bicyclic) bond motifs is 1. The van der Waals surface area contributed by atoms with Crippen LogP contribution in [0.4, 0.5) is 5.69 Å². The fraction of sp³-hybridized carbons (Fsp3) is 0.0909. The number of nitrogens with zero attached hydrogens (tertiary/aromatic N) is 4. The van der Waals surface area contributed by atoms with Crippen LogP contribution in [0.15, 0.2) is 75.4 Å². The summed E-state index contributed by atoms with van der Waals surface area (Å²) < 4.78 is 2.56. The minimum atomic E-state index is -0.511. The number of carbonyl (C=O) groups excluding carboxylic acids is 1. The molecule has 0 atom stereocenters. The van der Waals surface area contributed by atoms with Gasteiger partial charge in [0.25, 0.3) is 5.91 Å². The normalized spacial score (nSPS) is 11.4. The molecule has 0 aliphatic rings. The molecule has 2 aromatic carbocycles. The zero-order valence-electron chi connectivity index (χ0n) is 15.8. The van der Waals surface area contributed by atoms with Crippen molar-refractivity contribution in [3.63, 3.8) is 0 Å². The van der Waals surface area contributed by atoms with Crippen LogP contribution < -0.4 is 0 Å². The van der Waals surface area contributed by atoms with Crippen molar-refractivity contribution in [2.24, 2.45) is 17.3 Å². The summed E-state index contributed by atoms with van der Waals surface area (Å²) in [5.41, 5.74) is 3.73. The summed E-state index contributed by atoms with van der Waals surface area (Å²) >= 11 is 3.45. The summed E-state index contributed by atoms with van der Waals surface area (Å²) in [5.74, 6) is -0.550. The number of aryl methyl sites for hydroxylation is 2. The van der Waals surface area contributed by atoms with Crippen molar-refractivity contribution in [1.82, 2.24) is 9.55 Å². The van der Waals surface area contributed by atoms with E-state index in [4.69, 9.17) is 0 Å². The van der Waals surface area contributed by atoms with Gasteiger partial charge in [-0.15, -0.1) is 10.2 Å². The van der Waals surface area contributed by atoms with Crippen LogP contribution in [0.2, 0.25) is 0 Å². The highest BCUT2D eigenvalue weighted by Crippen LogP contribution is 2.37. The number of hydrogen-bond acceptors (Lipinski definition) is 4. The van der Waals surface area contributed by atoms with Gasteiger partial charge in [-0.1, -0.05) is 46.3 Å². The number of halogens is 1. The van der Waals surface area contributed by atoms with Crippen LogP contribution in [-0.2, 0) is 7.05 Å². The van der Waals surface area contributed by atoms with Gasteiger partial charge in [0, 0.05) is 22.5 Å².